The van der Waals surface area contributed by atoms with Crippen LogP contribution in [0.2, 0.25) is 0 Å². The molecule has 0 aliphatic carbocycles. The molecule has 0 saturated carbocycles. The smallest absolute Gasteiger partial charge is 0.462 e. The van der Waals surface area contributed by atoms with Gasteiger partial charge in [0.25, 0.3) is 0 Å². The molecular formula is C47H79O8P. The van der Waals surface area contributed by atoms with Gasteiger partial charge in [-0.25, -0.2) is 4.57 Å². The van der Waals surface area contributed by atoms with E-state index in [0.717, 1.165) is 83.5 Å². The van der Waals surface area contributed by atoms with Crippen molar-refractivity contribution in [2.45, 2.75) is 187 Å². The van der Waals surface area contributed by atoms with Crippen molar-refractivity contribution in [2.24, 2.45) is 0 Å². The summed E-state index contributed by atoms with van der Waals surface area (Å²) in [4.78, 5) is 42.9. The number of hydrogen-bond donors (Lipinski definition) is 2. The first-order valence-corrected chi connectivity index (χ1v) is 23.4. The summed E-state index contributed by atoms with van der Waals surface area (Å²) >= 11 is 0. The molecule has 320 valence electrons. The van der Waals surface area contributed by atoms with Crippen molar-refractivity contribution >= 4 is 19.8 Å². The molecule has 0 unspecified atom stereocenters. The number of unbranched alkanes of at least 4 members (excludes halogenated alkanes) is 15. The monoisotopic (exact) mass is 803 g/mol. The van der Waals surface area contributed by atoms with Gasteiger partial charge in [-0.2, -0.15) is 0 Å². The Morgan fingerprint density at radius 2 is 0.857 bits per heavy atom. The molecule has 0 heterocycles. The average molecular weight is 803 g/mol. The van der Waals surface area contributed by atoms with Crippen molar-refractivity contribution in [3.8, 4) is 0 Å². The highest BCUT2D eigenvalue weighted by atomic mass is 31.2. The van der Waals surface area contributed by atoms with Gasteiger partial charge in [0.1, 0.15) is 6.61 Å². The maximum absolute atomic E-state index is 12.4. The van der Waals surface area contributed by atoms with Gasteiger partial charge in [0.2, 0.25) is 0 Å². The fraction of sp³-hybridized carbons (Fsp3) is 0.660. The molecule has 0 rings (SSSR count). The summed E-state index contributed by atoms with van der Waals surface area (Å²) in [6.07, 6.45) is 55.8. The number of ether oxygens (including phenoxy) is 2. The highest BCUT2D eigenvalue weighted by Crippen LogP contribution is 2.36. The third-order valence-electron chi connectivity index (χ3n) is 8.90. The van der Waals surface area contributed by atoms with Crippen LogP contribution in [-0.4, -0.2) is 41.0 Å². The Morgan fingerprint density at radius 1 is 0.482 bits per heavy atom. The molecule has 56 heavy (non-hydrogen) atoms. The Labute approximate surface area is 342 Å². The number of rotatable bonds is 39. The Hall–Kier alpha value is -2.77. The maximum Gasteiger partial charge on any atom is 0.469 e. The molecule has 2 N–H and O–H groups in total. The van der Waals surface area contributed by atoms with Crippen LogP contribution < -0.4 is 0 Å². The Morgan fingerprint density at radius 3 is 1.30 bits per heavy atom. The third-order valence-corrected chi connectivity index (χ3v) is 9.38. The number of esters is 2. The van der Waals surface area contributed by atoms with Crippen molar-refractivity contribution in [1.82, 2.24) is 0 Å². The predicted octanol–water partition coefficient (Wildman–Crippen LogP) is 13.6. The molecule has 0 fully saturated rings. The van der Waals surface area contributed by atoms with Gasteiger partial charge < -0.3 is 19.3 Å². The topological polar surface area (TPSA) is 119 Å². The molecule has 9 heteroatoms. The molecule has 0 radical (unpaired) electrons. The lowest BCUT2D eigenvalue weighted by atomic mass is 10.1. The van der Waals surface area contributed by atoms with Gasteiger partial charge in [-0.05, 0) is 89.9 Å². The van der Waals surface area contributed by atoms with Gasteiger partial charge in [0.15, 0.2) is 6.10 Å². The zero-order valence-electron chi connectivity index (χ0n) is 35.3. The van der Waals surface area contributed by atoms with Crippen LogP contribution in [-0.2, 0) is 28.2 Å². The van der Waals surface area contributed by atoms with Crippen LogP contribution >= 0.6 is 7.82 Å². The van der Waals surface area contributed by atoms with E-state index in [4.69, 9.17) is 19.3 Å². The van der Waals surface area contributed by atoms with E-state index in [1.54, 1.807) is 0 Å². The molecule has 0 aromatic heterocycles. The number of phosphoric ester groups is 1. The molecule has 0 saturated heterocycles. The Balaban J connectivity index is 3.99. The molecule has 0 aromatic carbocycles. The van der Waals surface area contributed by atoms with Gasteiger partial charge in [0, 0.05) is 12.8 Å². The van der Waals surface area contributed by atoms with Gasteiger partial charge >= 0.3 is 19.8 Å². The normalized spacial score (nSPS) is 13.3. The van der Waals surface area contributed by atoms with Gasteiger partial charge in [-0.1, -0.05) is 163 Å². The number of phosphoric acid groups is 1. The fourth-order valence-electron chi connectivity index (χ4n) is 5.66. The highest BCUT2D eigenvalue weighted by Gasteiger charge is 2.22. The molecule has 0 amide bonds. The zero-order valence-corrected chi connectivity index (χ0v) is 36.1. The first-order valence-electron chi connectivity index (χ1n) is 21.9. The molecule has 0 aromatic rings. The van der Waals surface area contributed by atoms with Crippen molar-refractivity contribution in [1.29, 1.82) is 0 Å². The Bertz CT molecular complexity index is 1180. The van der Waals surface area contributed by atoms with E-state index in [9.17, 15) is 14.2 Å². The third kappa shape index (κ3) is 44.0. The molecule has 0 aliphatic heterocycles. The maximum atomic E-state index is 12.4. The lowest BCUT2D eigenvalue weighted by Crippen LogP contribution is -2.29. The standard InChI is InChI=1S/C47H79O8P/c1-3-5-7-9-11-13-15-17-19-21-23-25-27-29-31-33-35-37-39-41-46(48)53-43-45(44-54-56(50,51)52)55-47(49)42-40-38-36-34-32-30-28-26-24-22-20-18-16-14-12-10-8-6-4-2/h6,8,11-14,17-20,24,26,30,32,45H,3-5,7,9-10,15-16,21-23,25,27-29,31,33-44H2,1-2H3,(H2,50,51,52)/b8-6-,13-11-,14-12-,19-17-,20-18-,26-24-,32-30-/t45-/m1/s1. The van der Waals surface area contributed by atoms with Crippen LogP contribution in [0.3, 0.4) is 0 Å². The molecule has 0 bridgehead atoms. The summed E-state index contributed by atoms with van der Waals surface area (Å²) in [5.74, 6) is -0.933. The SMILES string of the molecule is CC/C=C\C/C=C\C/C=C\C/C=C\C/C=C\CCCCCC(=O)O[C@H](COC(=O)CCCCCCCCCCC/C=C\C/C=C\CCCCC)COP(=O)(O)O. The average Bonchev–Trinajstić information content (AvgIpc) is 3.17. The van der Waals surface area contributed by atoms with E-state index in [-0.39, 0.29) is 19.4 Å². The fourth-order valence-corrected chi connectivity index (χ4v) is 6.02. The minimum atomic E-state index is -4.77. The number of carbonyl (C=O) groups excluding carboxylic acids is 2. The predicted molar refractivity (Wildman–Crippen MR) is 234 cm³/mol. The first kappa shape index (κ1) is 53.2. The van der Waals surface area contributed by atoms with Crippen molar-refractivity contribution in [3.05, 3.63) is 85.1 Å². The van der Waals surface area contributed by atoms with Gasteiger partial charge in [-0.3, -0.25) is 14.1 Å². The van der Waals surface area contributed by atoms with E-state index in [1.165, 1.54) is 57.8 Å². The number of hydrogen-bond acceptors (Lipinski definition) is 6. The second-order valence-corrected chi connectivity index (χ2v) is 15.5. The molecule has 8 nitrogen and oxygen atoms in total. The summed E-state index contributed by atoms with van der Waals surface area (Å²) in [6.45, 7) is 3.51. The minimum Gasteiger partial charge on any atom is -0.462 e. The summed E-state index contributed by atoms with van der Waals surface area (Å²) in [5.41, 5.74) is 0. The minimum absolute atomic E-state index is 0.167. The largest absolute Gasteiger partial charge is 0.469 e. The van der Waals surface area contributed by atoms with Crippen molar-refractivity contribution < 1.29 is 37.9 Å². The van der Waals surface area contributed by atoms with Crippen LogP contribution in [0, 0.1) is 0 Å². The van der Waals surface area contributed by atoms with E-state index in [0.29, 0.717) is 12.8 Å². The van der Waals surface area contributed by atoms with E-state index in [1.807, 2.05) is 0 Å². The second-order valence-electron chi connectivity index (χ2n) is 14.3. The summed E-state index contributed by atoms with van der Waals surface area (Å²) < 4.78 is 26.4. The second kappa shape index (κ2) is 41.9. The summed E-state index contributed by atoms with van der Waals surface area (Å²) in [7, 11) is -4.77. The van der Waals surface area contributed by atoms with E-state index < -0.39 is 32.5 Å². The lowest BCUT2D eigenvalue weighted by Gasteiger charge is -2.18. The lowest BCUT2D eigenvalue weighted by molar-refractivity contribution is -0.161. The molecule has 0 aliphatic rings. The van der Waals surface area contributed by atoms with Gasteiger partial charge in [-0.15, -0.1) is 0 Å². The zero-order chi connectivity index (χ0) is 41.1. The van der Waals surface area contributed by atoms with Crippen molar-refractivity contribution in [3.63, 3.8) is 0 Å². The number of allylic oxidation sites excluding steroid dienone is 14. The first-order chi connectivity index (χ1) is 27.3. The van der Waals surface area contributed by atoms with Crippen LogP contribution in [0.4, 0.5) is 0 Å². The molecular weight excluding hydrogens is 723 g/mol. The van der Waals surface area contributed by atoms with Crippen LogP contribution in [0.5, 0.6) is 0 Å². The van der Waals surface area contributed by atoms with Crippen molar-refractivity contribution in [2.75, 3.05) is 13.2 Å². The Kier molecular flexibility index (Phi) is 39.8. The van der Waals surface area contributed by atoms with E-state index in [2.05, 4.69) is 103 Å². The molecule has 0 spiro atoms. The molecule has 1 atom stereocenters. The van der Waals surface area contributed by atoms with Crippen LogP contribution in [0.1, 0.15) is 181 Å². The van der Waals surface area contributed by atoms with Gasteiger partial charge in [0.05, 0.1) is 6.61 Å². The number of carbonyl (C=O) groups is 2. The quantitative estimate of drug-likeness (QED) is 0.0273. The van der Waals surface area contributed by atoms with Crippen LogP contribution in [0.25, 0.3) is 0 Å². The summed E-state index contributed by atoms with van der Waals surface area (Å²) in [5, 5.41) is 0. The summed E-state index contributed by atoms with van der Waals surface area (Å²) in [6, 6.07) is 0. The van der Waals surface area contributed by atoms with Crippen LogP contribution in [0.15, 0.2) is 85.1 Å². The highest BCUT2D eigenvalue weighted by molar-refractivity contribution is 7.46. The van der Waals surface area contributed by atoms with E-state index >= 15 is 0 Å².